The van der Waals surface area contributed by atoms with E-state index in [1.165, 1.54) is 5.56 Å². The van der Waals surface area contributed by atoms with Gasteiger partial charge in [-0.25, -0.2) is 4.68 Å². The minimum absolute atomic E-state index is 0.0729. The number of anilines is 1. The van der Waals surface area contributed by atoms with Crippen LogP contribution < -0.4 is 5.32 Å². The summed E-state index contributed by atoms with van der Waals surface area (Å²) in [7, 11) is 0. The molecule has 0 spiro atoms. The van der Waals surface area contributed by atoms with Crippen molar-refractivity contribution in [3.63, 3.8) is 0 Å². The van der Waals surface area contributed by atoms with Crippen LogP contribution in [0.2, 0.25) is 0 Å². The molecular formula is C24H18N4O. The summed E-state index contributed by atoms with van der Waals surface area (Å²) in [6.07, 6.45) is 3.83. The number of para-hydroxylation sites is 1. The molecule has 0 atom stereocenters. The largest absolute Gasteiger partial charge is 0.321 e. The molecule has 1 aromatic heterocycles. The Hall–Kier alpha value is -3.99. The van der Waals surface area contributed by atoms with Crippen molar-refractivity contribution in [2.45, 2.75) is 6.92 Å². The molecule has 0 unspecified atom stereocenters. The summed E-state index contributed by atoms with van der Waals surface area (Å²) >= 11 is 0. The minimum atomic E-state index is -0.0729. The normalized spacial score (nSPS) is 14.1. The maximum absolute atomic E-state index is 12.3. The van der Waals surface area contributed by atoms with Crippen LogP contribution in [0.3, 0.4) is 0 Å². The SMILES string of the molecule is Cc1ccc(-n2cc(-c3ccc(C=C4C(=O)Nc5ccccc54)cc3)nn2)cc1. The lowest BCUT2D eigenvalue weighted by atomic mass is 10.0. The first-order chi connectivity index (χ1) is 14.2. The van der Waals surface area contributed by atoms with Crippen LogP contribution in [0.5, 0.6) is 0 Å². The number of fused-ring (bicyclic) bond motifs is 1. The average Bonchev–Trinajstić information content (AvgIpc) is 3.35. The maximum Gasteiger partial charge on any atom is 0.256 e. The van der Waals surface area contributed by atoms with Crippen molar-refractivity contribution >= 4 is 23.2 Å². The van der Waals surface area contributed by atoms with Gasteiger partial charge in [0.2, 0.25) is 0 Å². The molecule has 0 bridgehead atoms. The van der Waals surface area contributed by atoms with Crippen LogP contribution in [-0.4, -0.2) is 20.9 Å². The highest BCUT2D eigenvalue weighted by atomic mass is 16.2. The summed E-state index contributed by atoms with van der Waals surface area (Å²) in [4.78, 5) is 12.3. The molecule has 1 aliphatic heterocycles. The Balaban J connectivity index is 1.41. The second kappa shape index (κ2) is 6.87. The lowest BCUT2D eigenvalue weighted by Crippen LogP contribution is -2.03. The number of hydrogen-bond donors (Lipinski definition) is 1. The van der Waals surface area contributed by atoms with Crippen molar-refractivity contribution in [1.29, 1.82) is 0 Å². The number of aryl methyl sites for hydroxylation is 1. The van der Waals surface area contributed by atoms with E-state index in [0.717, 1.165) is 33.8 Å². The molecule has 1 aliphatic rings. The first kappa shape index (κ1) is 17.1. The number of carbonyl (C=O) groups is 1. The molecule has 0 saturated heterocycles. The molecule has 5 nitrogen and oxygen atoms in total. The molecule has 3 aromatic carbocycles. The molecule has 0 radical (unpaired) electrons. The van der Waals surface area contributed by atoms with Crippen LogP contribution in [0.15, 0.2) is 79.0 Å². The number of amides is 1. The lowest BCUT2D eigenvalue weighted by molar-refractivity contribution is -0.110. The Kier molecular flexibility index (Phi) is 4.06. The van der Waals surface area contributed by atoms with Crippen molar-refractivity contribution in [1.82, 2.24) is 15.0 Å². The van der Waals surface area contributed by atoms with Crippen LogP contribution in [0.4, 0.5) is 5.69 Å². The van der Waals surface area contributed by atoms with Gasteiger partial charge in [0.15, 0.2) is 0 Å². The Morgan fingerprint density at radius 3 is 2.48 bits per heavy atom. The number of hydrogen-bond acceptors (Lipinski definition) is 3. The summed E-state index contributed by atoms with van der Waals surface area (Å²) in [6, 6.07) is 23.8. The van der Waals surface area contributed by atoms with Crippen molar-refractivity contribution in [2.75, 3.05) is 5.32 Å². The van der Waals surface area contributed by atoms with E-state index >= 15 is 0 Å². The molecule has 2 heterocycles. The second-order valence-corrected chi connectivity index (χ2v) is 7.06. The van der Waals surface area contributed by atoms with E-state index in [4.69, 9.17) is 0 Å². The summed E-state index contributed by atoms with van der Waals surface area (Å²) in [5.41, 5.74) is 7.38. The molecule has 29 heavy (non-hydrogen) atoms. The molecule has 0 fully saturated rings. The fraction of sp³-hybridized carbons (Fsp3) is 0.0417. The third-order valence-corrected chi connectivity index (χ3v) is 5.02. The van der Waals surface area contributed by atoms with E-state index in [0.29, 0.717) is 5.57 Å². The van der Waals surface area contributed by atoms with Crippen LogP contribution in [-0.2, 0) is 4.79 Å². The van der Waals surface area contributed by atoms with Gasteiger partial charge in [-0.15, -0.1) is 5.10 Å². The van der Waals surface area contributed by atoms with E-state index in [9.17, 15) is 4.79 Å². The smallest absolute Gasteiger partial charge is 0.256 e. The molecule has 4 aromatic rings. The van der Waals surface area contributed by atoms with Gasteiger partial charge in [-0.1, -0.05) is 65.4 Å². The fourth-order valence-corrected chi connectivity index (χ4v) is 3.42. The predicted octanol–water partition coefficient (Wildman–Crippen LogP) is 4.74. The van der Waals surface area contributed by atoms with Gasteiger partial charge in [0.1, 0.15) is 5.69 Å². The van der Waals surface area contributed by atoms with Gasteiger partial charge in [-0.05, 0) is 36.8 Å². The highest BCUT2D eigenvalue weighted by Crippen LogP contribution is 2.32. The summed E-state index contributed by atoms with van der Waals surface area (Å²) in [5, 5.41) is 11.4. The number of nitrogens with one attached hydrogen (secondary N) is 1. The second-order valence-electron chi connectivity index (χ2n) is 7.06. The molecular weight excluding hydrogens is 360 g/mol. The van der Waals surface area contributed by atoms with Crippen LogP contribution >= 0.6 is 0 Å². The zero-order valence-electron chi connectivity index (χ0n) is 15.8. The van der Waals surface area contributed by atoms with E-state index in [1.54, 1.807) is 4.68 Å². The summed E-state index contributed by atoms with van der Waals surface area (Å²) < 4.78 is 1.77. The van der Waals surface area contributed by atoms with Crippen LogP contribution in [0.25, 0.3) is 28.6 Å². The molecule has 0 saturated carbocycles. The van der Waals surface area contributed by atoms with Crippen LogP contribution in [0.1, 0.15) is 16.7 Å². The van der Waals surface area contributed by atoms with Gasteiger partial charge >= 0.3 is 0 Å². The van der Waals surface area contributed by atoms with Crippen LogP contribution in [0, 0.1) is 6.92 Å². The number of carbonyl (C=O) groups excluding carboxylic acids is 1. The lowest BCUT2D eigenvalue weighted by Gasteiger charge is -2.01. The standard InChI is InChI=1S/C24H18N4O/c1-16-6-12-19(13-7-16)28-15-23(26-27-28)18-10-8-17(9-11-18)14-21-20-4-2-3-5-22(20)25-24(21)29/h2-15H,1H3,(H,25,29). The third-order valence-electron chi connectivity index (χ3n) is 5.02. The van der Waals surface area contributed by atoms with Gasteiger partial charge in [0, 0.05) is 22.4 Å². The third kappa shape index (κ3) is 3.23. The van der Waals surface area contributed by atoms with Gasteiger partial charge in [-0.2, -0.15) is 0 Å². The van der Waals surface area contributed by atoms with Crippen molar-refractivity contribution < 1.29 is 4.79 Å². The molecule has 1 amide bonds. The van der Waals surface area contributed by atoms with Crippen molar-refractivity contribution in [3.8, 4) is 16.9 Å². The quantitative estimate of drug-likeness (QED) is 0.524. The van der Waals surface area contributed by atoms with E-state index in [2.05, 4.69) is 34.7 Å². The van der Waals surface area contributed by atoms with Gasteiger partial charge < -0.3 is 5.32 Å². The zero-order valence-corrected chi connectivity index (χ0v) is 15.8. The number of aromatic nitrogens is 3. The number of benzene rings is 3. The van der Waals surface area contributed by atoms with E-state index < -0.39 is 0 Å². The highest BCUT2D eigenvalue weighted by molar-refractivity contribution is 6.34. The predicted molar refractivity (Wildman–Crippen MR) is 114 cm³/mol. The van der Waals surface area contributed by atoms with Crippen molar-refractivity contribution in [2.24, 2.45) is 0 Å². The van der Waals surface area contributed by atoms with Gasteiger partial charge in [0.05, 0.1) is 11.9 Å². The monoisotopic (exact) mass is 378 g/mol. The Morgan fingerprint density at radius 2 is 1.69 bits per heavy atom. The Morgan fingerprint density at radius 1 is 0.931 bits per heavy atom. The maximum atomic E-state index is 12.3. The Bertz CT molecular complexity index is 1230. The molecule has 0 aliphatic carbocycles. The summed E-state index contributed by atoms with van der Waals surface area (Å²) in [6.45, 7) is 2.06. The van der Waals surface area contributed by atoms with Crippen molar-refractivity contribution in [3.05, 3.63) is 95.7 Å². The molecule has 1 N–H and O–H groups in total. The first-order valence-electron chi connectivity index (χ1n) is 9.40. The Labute approximate surface area is 168 Å². The topological polar surface area (TPSA) is 59.8 Å². The number of nitrogens with zero attached hydrogens (tertiary/aromatic N) is 3. The van der Waals surface area contributed by atoms with Gasteiger partial charge in [-0.3, -0.25) is 4.79 Å². The zero-order chi connectivity index (χ0) is 19.8. The highest BCUT2D eigenvalue weighted by Gasteiger charge is 2.23. The molecule has 5 heteroatoms. The van der Waals surface area contributed by atoms with Gasteiger partial charge in [0.25, 0.3) is 5.91 Å². The van der Waals surface area contributed by atoms with E-state index in [-0.39, 0.29) is 5.91 Å². The first-order valence-corrected chi connectivity index (χ1v) is 9.40. The summed E-state index contributed by atoms with van der Waals surface area (Å²) in [5.74, 6) is -0.0729. The minimum Gasteiger partial charge on any atom is -0.321 e. The molecule has 5 rings (SSSR count). The average molecular weight is 378 g/mol. The van der Waals surface area contributed by atoms with E-state index in [1.807, 2.05) is 72.9 Å². The molecule has 140 valence electrons. The number of rotatable bonds is 3. The fourth-order valence-electron chi connectivity index (χ4n) is 3.42.